The maximum Gasteiger partial charge on any atom is 0.433 e. The minimum absolute atomic E-state index is 0.120. The molecule has 0 fully saturated rings. The summed E-state index contributed by atoms with van der Waals surface area (Å²) in [5, 5.41) is 0. The van der Waals surface area contributed by atoms with Crippen LogP contribution in [0.2, 0.25) is 0 Å². The Labute approximate surface area is 94.4 Å². The molecule has 0 amide bonds. The van der Waals surface area contributed by atoms with Crippen molar-refractivity contribution in [3.63, 3.8) is 0 Å². The lowest BCUT2D eigenvalue weighted by atomic mass is 10.2. The fourth-order valence-electron chi connectivity index (χ4n) is 1.12. The highest BCUT2D eigenvalue weighted by molar-refractivity contribution is 5.72. The van der Waals surface area contributed by atoms with Gasteiger partial charge in [0, 0.05) is 5.56 Å². The number of rotatable bonds is 3. The van der Waals surface area contributed by atoms with Crippen molar-refractivity contribution in [1.29, 1.82) is 0 Å². The molecule has 0 aliphatic heterocycles. The van der Waals surface area contributed by atoms with E-state index in [1.54, 1.807) is 6.92 Å². The van der Waals surface area contributed by atoms with Crippen molar-refractivity contribution in [1.82, 2.24) is 4.98 Å². The summed E-state index contributed by atoms with van der Waals surface area (Å²) >= 11 is 0. The first kappa shape index (κ1) is 13.4. The second kappa shape index (κ2) is 5.11. The van der Waals surface area contributed by atoms with Gasteiger partial charge in [0.15, 0.2) is 0 Å². The number of esters is 1. The molecule has 1 rings (SSSR count). The van der Waals surface area contributed by atoms with Gasteiger partial charge in [-0.25, -0.2) is 4.98 Å². The van der Waals surface area contributed by atoms with Crippen LogP contribution in [-0.4, -0.2) is 17.6 Å². The summed E-state index contributed by atoms with van der Waals surface area (Å²) in [5.74, 6) is -2.03. The SMILES string of the molecule is CCOC(=O)Cc1ccc(C(F)(F)F)nc1F. The average molecular weight is 251 g/mol. The van der Waals surface area contributed by atoms with Gasteiger partial charge in [0.25, 0.3) is 0 Å². The number of aromatic nitrogens is 1. The van der Waals surface area contributed by atoms with E-state index in [1.807, 2.05) is 0 Å². The van der Waals surface area contributed by atoms with Gasteiger partial charge in [-0.15, -0.1) is 0 Å². The van der Waals surface area contributed by atoms with E-state index in [2.05, 4.69) is 9.72 Å². The fourth-order valence-corrected chi connectivity index (χ4v) is 1.12. The standard InChI is InChI=1S/C10H9F4NO2/c1-2-17-8(16)5-6-3-4-7(10(12,13)14)15-9(6)11/h3-4H,2,5H2,1H3. The van der Waals surface area contributed by atoms with Crippen LogP contribution in [0.4, 0.5) is 17.6 Å². The van der Waals surface area contributed by atoms with Crippen molar-refractivity contribution in [2.45, 2.75) is 19.5 Å². The molecule has 1 heterocycles. The third kappa shape index (κ3) is 3.69. The second-order valence-corrected chi connectivity index (χ2v) is 3.13. The third-order valence-electron chi connectivity index (χ3n) is 1.86. The predicted octanol–water partition coefficient (Wildman–Crippen LogP) is 2.35. The van der Waals surface area contributed by atoms with E-state index in [-0.39, 0.29) is 12.2 Å². The molecule has 0 bridgehead atoms. The zero-order valence-corrected chi connectivity index (χ0v) is 8.84. The van der Waals surface area contributed by atoms with Crippen LogP contribution < -0.4 is 0 Å². The normalized spacial score (nSPS) is 11.4. The number of alkyl halides is 3. The summed E-state index contributed by atoms with van der Waals surface area (Å²) in [7, 11) is 0. The van der Waals surface area contributed by atoms with Gasteiger partial charge >= 0.3 is 12.1 Å². The Balaban J connectivity index is 2.87. The molecular weight excluding hydrogens is 242 g/mol. The summed E-state index contributed by atoms with van der Waals surface area (Å²) in [6, 6.07) is 1.50. The molecule has 0 spiro atoms. The molecule has 94 valence electrons. The molecule has 0 N–H and O–H groups in total. The van der Waals surface area contributed by atoms with Crippen molar-refractivity contribution in [3.8, 4) is 0 Å². The molecule has 7 heteroatoms. The molecule has 1 aromatic rings. The highest BCUT2D eigenvalue weighted by Crippen LogP contribution is 2.28. The molecule has 0 saturated heterocycles. The molecule has 0 atom stereocenters. The molecule has 0 aromatic carbocycles. The minimum atomic E-state index is -4.71. The van der Waals surface area contributed by atoms with Gasteiger partial charge in [0.05, 0.1) is 13.0 Å². The van der Waals surface area contributed by atoms with Crippen LogP contribution in [-0.2, 0) is 22.1 Å². The van der Waals surface area contributed by atoms with E-state index in [9.17, 15) is 22.4 Å². The van der Waals surface area contributed by atoms with Gasteiger partial charge in [0.1, 0.15) is 5.69 Å². The summed E-state index contributed by atoms with van der Waals surface area (Å²) in [6.45, 7) is 1.69. The summed E-state index contributed by atoms with van der Waals surface area (Å²) in [6.07, 6.45) is -5.14. The maximum absolute atomic E-state index is 13.2. The predicted molar refractivity (Wildman–Crippen MR) is 49.5 cm³/mol. The highest BCUT2D eigenvalue weighted by atomic mass is 19.4. The van der Waals surface area contributed by atoms with Gasteiger partial charge in [-0.05, 0) is 13.0 Å². The molecular formula is C10H9F4NO2. The quantitative estimate of drug-likeness (QED) is 0.470. The van der Waals surface area contributed by atoms with Crippen LogP contribution in [0, 0.1) is 5.95 Å². The highest BCUT2D eigenvalue weighted by Gasteiger charge is 2.33. The smallest absolute Gasteiger partial charge is 0.433 e. The first-order chi connectivity index (χ1) is 7.84. The van der Waals surface area contributed by atoms with Crippen molar-refractivity contribution >= 4 is 5.97 Å². The first-order valence-corrected chi connectivity index (χ1v) is 4.72. The maximum atomic E-state index is 13.2. The van der Waals surface area contributed by atoms with Crippen molar-refractivity contribution < 1.29 is 27.1 Å². The van der Waals surface area contributed by atoms with Crippen molar-refractivity contribution in [3.05, 3.63) is 29.3 Å². The van der Waals surface area contributed by atoms with E-state index in [0.717, 1.165) is 6.07 Å². The third-order valence-corrected chi connectivity index (χ3v) is 1.86. The largest absolute Gasteiger partial charge is 0.466 e. The number of carbonyl (C=O) groups excluding carboxylic acids is 1. The number of ether oxygens (including phenoxy) is 1. The van der Waals surface area contributed by atoms with Crippen LogP contribution in [0.1, 0.15) is 18.2 Å². The van der Waals surface area contributed by atoms with Gasteiger partial charge in [-0.3, -0.25) is 4.79 Å². The van der Waals surface area contributed by atoms with Crippen molar-refractivity contribution in [2.24, 2.45) is 0 Å². The number of hydrogen-bond donors (Lipinski definition) is 0. The average Bonchev–Trinajstić information content (AvgIpc) is 2.20. The van der Waals surface area contributed by atoms with Gasteiger partial charge in [-0.2, -0.15) is 17.6 Å². The Kier molecular flexibility index (Phi) is 4.03. The zero-order chi connectivity index (χ0) is 13.1. The Morgan fingerprint density at radius 1 is 1.41 bits per heavy atom. The Morgan fingerprint density at radius 3 is 2.53 bits per heavy atom. The van der Waals surface area contributed by atoms with Crippen molar-refractivity contribution in [2.75, 3.05) is 6.61 Å². The second-order valence-electron chi connectivity index (χ2n) is 3.13. The summed E-state index contributed by atoms with van der Waals surface area (Å²) < 4.78 is 54.2. The van der Waals surface area contributed by atoms with E-state index in [1.165, 1.54) is 0 Å². The van der Waals surface area contributed by atoms with E-state index < -0.39 is 30.2 Å². The van der Waals surface area contributed by atoms with Gasteiger partial charge in [0.2, 0.25) is 5.95 Å². The Bertz CT molecular complexity index is 417. The number of pyridine rings is 1. The lowest BCUT2D eigenvalue weighted by Crippen LogP contribution is -2.13. The molecule has 0 unspecified atom stereocenters. The van der Waals surface area contributed by atoms with Crippen LogP contribution >= 0.6 is 0 Å². The molecule has 0 aliphatic carbocycles. The number of hydrogen-bond acceptors (Lipinski definition) is 3. The Morgan fingerprint density at radius 2 is 2.06 bits per heavy atom. The molecule has 0 aliphatic rings. The molecule has 1 aromatic heterocycles. The van der Waals surface area contributed by atoms with E-state index in [4.69, 9.17) is 0 Å². The van der Waals surface area contributed by atoms with Crippen LogP contribution in [0.3, 0.4) is 0 Å². The monoisotopic (exact) mass is 251 g/mol. The number of nitrogens with zero attached hydrogens (tertiary/aromatic N) is 1. The number of carbonyl (C=O) groups is 1. The lowest BCUT2D eigenvalue weighted by Gasteiger charge is -2.07. The van der Waals surface area contributed by atoms with E-state index >= 15 is 0 Å². The summed E-state index contributed by atoms with van der Waals surface area (Å²) in [4.78, 5) is 13.8. The first-order valence-electron chi connectivity index (χ1n) is 4.72. The molecule has 17 heavy (non-hydrogen) atoms. The number of halogens is 4. The lowest BCUT2D eigenvalue weighted by molar-refractivity contribution is -0.142. The molecule has 0 radical (unpaired) electrons. The zero-order valence-electron chi connectivity index (χ0n) is 8.84. The van der Waals surface area contributed by atoms with Crippen LogP contribution in [0.5, 0.6) is 0 Å². The fraction of sp³-hybridized carbons (Fsp3) is 0.400. The van der Waals surface area contributed by atoms with E-state index in [0.29, 0.717) is 6.07 Å². The topological polar surface area (TPSA) is 39.2 Å². The van der Waals surface area contributed by atoms with Crippen LogP contribution in [0.25, 0.3) is 0 Å². The van der Waals surface area contributed by atoms with Gasteiger partial charge in [-0.1, -0.05) is 6.07 Å². The minimum Gasteiger partial charge on any atom is -0.466 e. The molecule has 3 nitrogen and oxygen atoms in total. The Hall–Kier alpha value is -1.66. The van der Waals surface area contributed by atoms with Gasteiger partial charge < -0.3 is 4.74 Å². The van der Waals surface area contributed by atoms with Crippen LogP contribution in [0.15, 0.2) is 12.1 Å². The summed E-state index contributed by atoms with van der Waals surface area (Å²) in [5.41, 5.74) is -1.56. The molecule has 0 saturated carbocycles.